The first-order valence-corrected chi connectivity index (χ1v) is 10.2. The fourth-order valence-electron chi connectivity index (χ4n) is 4.29. The third kappa shape index (κ3) is 4.93. The third-order valence-corrected chi connectivity index (χ3v) is 5.96. The van der Waals surface area contributed by atoms with E-state index in [1.165, 1.54) is 6.07 Å². The number of furan rings is 1. The lowest BCUT2D eigenvalue weighted by molar-refractivity contribution is -0.137. The summed E-state index contributed by atoms with van der Waals surface area (Å²) in [4.78, 5) is 11.1. The van der Waals surface area contributed by atoms with Gasteiger partial charge < -0.3 is 9.32 Å². The third-order valence-electron chi connectivity index (χ3n) is 5.96. The molecule has 0 amide bonds. The van der Waals surface area contributed by atoms with Gasteiger partial charge in [0.15, 0.2) is 0 Å². The highest BCUT2D eigenvalue weighted by Crippen LogP contribution is 2.29. The molecule has 0 atom stereocenters. The van der Waals surface area contributed by atoms with Gasteiger partial charge in [-0.25, -0.2) is 4.98 Å². The van der Waals surface area contributed by atoms with E-state index in [9.17, 15) is 13.2 Å². The molecule has 8 heteroatoms. The summed E-state index contributed by atoms with van der Waals surface area (Å²) in [5, 5.41) is 0. The number of hydrogen-bond donors (Lipinski definition) is 0. The summed E-state index contributed by atoms with van der Waals surface area (Å²) in [5.41, 5.74) is -0.698. The van der Waals surface area contributed by atoms with Crippen LogP contribution in [0.2, 0.25) is 0 Å². The van der Waals surface area contributed by atoms with Gasteiger partial charge in [-0.2, -0.15) is 13.2 Å². The number of aryl methyl sites for hydroxylation is 1. The van der Waals surface area contributed by atoms with Crippen LogP contribution in [-0.4, -0.2) is 60.1 Å². The maximum absolute atomic E-state index is 12.7. The number of likely N-dealkylation sites (tertiary alicyclic amines) is 1. The minimum Gasteiger partial charge on any atom is -0.465 e. The Hall–Kier alpha value is -2.06. The number of halogens is 3. The van der Waals surface area contributed by atoms with Gasteiger partial charge in [0, 0.05) is 51.5 Å². The smallest absolute Gasteiger partial charge is 0.417 e. The highest BCUT2D eigenvalue weighted by Gasteiger charge is 2.31. The molecule has 0 radical (unpaired) electrons. The van der Waals surface area contributed by atoms with E-state index in [1.54, 1.807) is 0 Å². The number of pyridine rings is 1. The van der Waals surface area contributed by atoms with E-state index in [0.29, 0.717) is 11.9 Å². The van der Waals surface area contributed by atoms with Gasteiger partial charge in [0.25, 0.3) is 0 Å². The van der Waals surface area contributed by atoms with Gasteiger partial charge in [0.1, 0.15) is 17.3 Å². The van der Waals surface area contributed by atoms with E-state index < -0.39 is 11.7 Å². The lowest BCUT2D eigenvalue weighted by atomic mass is 10.0. The van der Waals surface area contributed by atoms with Crippen LogP contribution in [0.3, 0.4) is 0 Å². The lowest BCUT2D eigenvalue weighted by Gasteiger charge is -2.43. The van der Waals surface area contributed by atoms with Crippen LogP contribution in [0.5, 0.6) is 0 Å². The number of aromatic nitrogens is 1. The summed E-state index contributed by atoms with van der Waals surface area (Å²) in [6, 6.07) is 7.23. The molecule has 2 aromatic heterocycles. The zero-order valence-corrected chi connectivity index (χ0v) is 16.7. The van der Waals surface area contributed by atoms with Gasteiger partial charge in [-0.15, -0.1) is 0 Å². The van der Waals surface area contributed by atoms with Crippen molar-refractivity contribution in [2.75, 3.05) is 44.2 Å². The Morgan fingerprint density at radius 2 is 1.72 bits per heavy atom. The summed E-state index contributed by atoms with van der Waals surface area (Å²) < 4.78 is 43.8. The molecule has 4 heterocycles. The second-order valence-corrected chi connectivity index (χ2v) is 7.95. The van der Waals surface area contributed by atoms with E-state index in [4.69, 9.17) is 4.42 Å². The van der Waals surface area contributed by atoms with E-state index in [-0.39, 0.29) is 0 Å². The SMILES string of the molecule is Cc1ccc(CN2CCC(N3CCN(c4ccc(C(F)(F)F)cn4)CC3)CC2)o1. The van der Waals surface area contributed by atoms with E-state index in [1.807, 2.05) is 13.0 Å². The first kappa shape index (κ1) is 20.2. The summed E-state index contributed by atoms with van der Waals surface area (Å²) in [7, 11) is 0. The number of rotatable bonds is 4. The Morgan fingerprint density at radius 3 is 2.28 bits per heavy atom. The molecule has 0 unspecified atom stereocenters. The number of alkyl halides is 3. The quantitative estimate of drug-likeness (QED) is 0.769. The molecular formula is C21H27F3N4O. The number of anilines is 1. The van der Waals surface area contributed by atoms with Gasteiger partial charge in [-0.05, 0) is 44.0 Å². The van der Waals surface area contributed by atoms with Crippen LogP contribution < -0.4 is 4.90 Å². The number of nitrogens with zero attached hydrogens (tertiary/aromatic N) is 4. The fourth-order valence-corrected chi connectivity index (χ4v) is 4.29. The molecule has 0 bridgehead atoms. The molecule has 158 valence electrons. The summed E-state index contributed by atoms with van der Waals surface area (Å²) in [5.74, 6) is 2.61. The van der Waals surface area contributed by atoms with Gasteiger partial charge >= 0.3 is 6.18 Å². The highest BCUT2D eigenvalue weighted by molar-refractivity contribution is 5.40. The Kier molecular flexibility index (Phi) is 5.83. The lowest BCUT2D eigenvalue weighted by Crippen LogP contribution is -2.53. The summed E-state index contributed by atoms with van der Waals surface area (Å²) >= 11 is 0. The summed E-state index contributed by atoms with van der Waals surface area (Å²) in [6.07, 6.45) is -1.14. The van der Waals surface area contributed by atoms with Crippen LogP contribution in [-0.2, 0) is 12.7 Å². The van der Waals surface area contributed by atoms with Crippen LogP contribution in [0.25, 0.3) is 0 Å². The Bertz CT molecular complexity index is 789. The molecule has 4 rings (SSSR count). The second-order valence-electron chi connectivity index (χ2n) is 7.95. The molecule has 2 aliphatic heterocycles. The predicted molar refractivity (Wildman–Crippen MR) is 105 cm³/mol. The molecule has 0 aliphatic carbocycles. The topological polar surface area (TPSA) is 35.8 Å². The maximum atomic E-state index is 12.7. The maximum Gasteiger partial charge on any atom is 0.417 e. The van der Waals surface area contributed by atoms with Crippen LogP contribution in [0.4, 0.5) is 19.0 Å². The number of piperazine rings is 1. The van der Waals surface area contributed by atoms with Crippen molar-refractivity contribution >= 4 is 5.82 Å². The van der Waals surface area contributed by atoms with Crippen molar-refractivity contribution in [1.82, 2.24) is 14.8 Å². The van der Waals surface area contributed by atoms with Gasteiger partial charge in [0.2, 0.25) is 0 Å². The van der Waals surface area contributed by atoms with Gasteiger partial charge in [-0.1, -0.05) is 0 Å². The molecule has 2 aromatic rings. The van der Waals surface area contributed by atoms with E-state index >= 15 is 0 Å². The van der Waals surface area contributed by atoms with Gasteiger partial charge in [-0.3, -0.25) is 9.80 Å². The molecule has 0 saturated carbocycles. The van der Waals surface area contributed by atoms with Crippen molar-refractivity contribution in [3.8, 4) is 0 Å². The first-order chi connectivity index (χ1) is 13.9. The first-order valence-electron chi connectivity index (χ1n) is 10.2. The molecule has 5 nitrogen and oxygen atoms in total. The van der Waals surface area contributed by atoms with E-state index in [2.05, 4.69) is 25.8 Å². The molecular weight excluding hydrogens is 381 g/mol. The average Bonchev–Trinajstić information content (AvgIpc) is 3.13. The molecule has 2 aliphatic rings. The monoisotopic (exact) mass is 408 g/mol. The van der Waals surface area contributed by atoms with Crippen molar-refractivity contribution < 1.29 is 17.6 Å². The largest absolute Gasteiger partial charge is 0.465 e. The molecule has 29 heavy (non-hydrogen) atoms. The van der Waals surface area contributed by atoms with Crippen LogP contribution >= 0.6 is 0 Å². The molecule has 0 aromatic carbocycles. The van der Waals surface area contributed by atoms with Crippen LogP contribution in [0.15, 0.2) is 34.9 Å². The van der Waals surface area contributed by atoms with Crippen molar-refractivity contribution in [1.29, 1.82) is 0 Å². The molecule has 0 spiro atoms. The minimum atomic E-state index is -4.34. The van der Waals surface area contributed by atoms with Crippen molar-refractivity contribution in [2.45, 2.75) is 38.5 Å². The Balaban J connectivity index is 1.24. The van der Waals surface area contributed by atoms with E-state index in [0.717, 1.165) is 82.4 Å². The summed E-state index contributed by atoms with van der Waals surface area (Å²) in [6.45, 7) is 8.39. The van der Waals surface area contributed by atoms with Crippen molar-refractivity contribution in [3.05, 3.63) is 47.5 Å². The van der Waals surface area contributed by atoms with Crippen molar-refractivity contribution in [3.63, 3.8) is 0 Å². The van der Waals surface area contributed by atoms with Crippen LogP contribution in [0, 0.1) is 6.92 Å². The highest BCUT2D eigenvalue weighted by atomic mass is 19.4. The predicted octanol–water partition coefficient (Wildman–Crippen LogP) is 3.79. The Morgan fingerprint density at radius 1 is 1.00 bits per heavy atom. The zero-order chi connectivity index (χ0) is 20.4. The second kappa shape index (κ2) is 8.36. The number of hydrogen-bond acceptors (Lipinski definition) is 5. The molecule has 2 saturated heterocycles. The molecule has 0 N–H and O–H groups in total. The Labute approximate surface area is 169 Å². The standard InChI is InChI=1S/C21H27F3N4O/c1-16-2-4-19(29-16)15-26-8-6-18(7-9-26)27-10-12-28(13-11-27)20-5-3-17(14-25-20)21(22,23)24/h2-5,14,18H,6-13,15H2,1H3. The zero-order valence-electron chi connectivity index (χ0n) is 16.7. The van der Waals surface area contributed by atoms with Crippen molar-refractivity contribution in [2.24, 2.45) is 0 Å². The number of piperidine rings is 1. The minimum absolute atomic E-state index is 0.576. The fraction of sp³-hybridized carbons (Fsp3) is 0.571. The van der Waals surface area contributed by atoms with Gasteiger partial charge in [0.05, 0.1) is 12.1 Å². The average molecular weight is 408 g/mol. The molecule has 2 fully saturated rings. The normalized spacial score (nSPS) is 20.3. The van der Waals surface area contributed by atoms with Crippen LogP contribution in [0.1, 0.15) is 29.9 Å².